The van der Waals surface area contributed by atoms with Crippen LogP contribution in [-0.2, 0) is 0 Å². The second kappa shape index (κ2) is 7.18. The molecule has 0 spiro atoms. The highest BCUT2D eigenvalue weighted by Crippen LogP contribution is 2.29. The van der Waals surface area contributed by atoms with Crippen LogP contribution in [0.3, 0.4) is 0 Å². The molecule has 3 aromatic rings. The number of aromatic amines is 1. The van der Waals surface area contributed by atoms with Gasteiger partial charge >= 0.3 is 0 Å². The van der Waals surface area contributed by atoms with E-state index in [9.17, 15) is 9.59 Å². The number of nitrogens with one attached hydrogen (secondary N) is 2. The largest absolute Gasteiger partial charge is 0.497 e. The van der Waals surface area contributed by atoms with Gasteiger partial charge in [-0.05, 0) is 30.3 Å². The third kappa shape index (κ3) is 3.19. The van der Waals surface area contributed by atoms with Crippen LogP contribution in [0.2, 0.25) is 0 Å². The average molecular weight is 354 g/mol. The molecule has 0 saturated heterocycles. The monoisotopic (exact) mass is 354 g/mol. The zero-order valence-corrected chi connectivity index (χ0v) is 14.6. The Morgan fingerprint density at radius 2 is 1.65 bits per heavy atom. The van der Waals surface area contributed by atoms with Crippen molar-refractivity contribution in [2.24, 2.45) is 0 Å². The van der Waals surface area contributed by atoms with Crippen LogP contribution in [0.25, 0.3) is 10.9 Å². The molecule has 0 aliphatic rings. The fourth-order valence-corrected chi connectivity index (χ4v) is 2.59. The Labute approximate surface area is 149 Å². The van der Waals surface area contributed by atoms with Gasteiger partial charge in [0.05, 0.1) is 27.0 Å². The summed E-state index contributed by atoms with van der Waals surface area (Å²) >= 11 is 0. The molecule has 2 aromatic carbocycles. The van der Waals surface area contributed by atoms with Crippen LogP contribution >= 0.6 is 0 Å². The zero-order chi connectivity index (χ0) is 18.7. The van der Waals surface area contributed by atoms with Gasteiger partial charge in [-0.25, -0.2) is 0 Å². The van der Waals surface area contributed by atoms with Crippen LogP contribution in [-0.4, -0.2) is 32.2 Å². The predicted molar refractivity (Wildman–Crippen MR) is 98.6 cm³/mol. The van der Waals surface area contributed by atoms with Crippen molar-refractivity contribution in [3.8, 4) is 17.2 Å². The number of fused-ring (bicyclic) bond motifs is 1. The van der Waals surface area contributed by atoms with Gasteiger partial charge in [0, 0.05) is 23.2 Å². The number of pyridine rings is 1. The zero-order valence-electron chi connectivity index (χ0n) is 14.6. The summed E-state index contributed by atoms with van der Waals surface area (Å²) in [5.74, 6) is 0.994. The third-order valence-corrected chi connectivity index (χ3v) is 3.99. The molecule has 7 heteroatoms. The Hall–Kier alpha value is -3.48. The summed E-state index contributed by atoms with van der Waals surface area (Å²) in [6, 6.07) is 10.1. The van der Waals surface area contributed by atoms with E-state index >= 15 is 0 Å². The Kier molecular flexibility index (Phi) is 4.79. The standard InChI is InChI=1S/C19H18N2O5/c1-24-11-4-6-15-13(8-11)18(22)14(10-20-15)19(23)21-16-9-12(25-2)5-7-17(16)26-3/h4-10H,1-3H3,(H,20,22)(H,21,23). The maximum absolute atomic E-state index is 12.7. The molecule has 0 aliphatic carbocycles. The van der Waals surface area contributed by atoms with E-state index in [4.69, 9.17) is 14.2 Å². The number of rotatable bonds is 5. The summed E-state index contributed by atoms with van der Waals surface area (Å²) in [5, 5.41) is 3.06. The lowest BCUT2D eigenvalue weighted by Gasteiger charge is -2.12. The first-order valence-electron chi connectivity index (χ1n) is 7.80. The number of hydrogen-bond acceptors (Lipinski definition) is 5. The van der Waals surface area contributed by atoms with Crippen molar-refractivity contribution >= 4 is 22.5 Å². The van der Waals surface area contributed by atoms with Gasteiger partial charge in [-0.15, -0.1) is 0 Å². The number of carbonyl (C=O) groups is 1. The van der Waals surface area contributed by atoms with Gasteiger partial charge in [0.25, 0.3) is 5.91 Å². The Morgan fingerprint density at radius 1 is 0.962 bits per heavy atom. The lowest BCUT2D eigenvalue weighted by Crippen LogP contribution is -2.22. The maximum Gasteiger partial charge on any atom is 0.261 e. The summed E-state index contributed by atoms with van der Waals surface area (Å²) in [4.78, 5) is 28.3. The second-order valence-corrected chi connectivity index (χ2v) is 5.46. The normalized spacial score (nSPS) is 10.4. The highest BCUT2D eigenvalue weighted by Gasteiger charge is 2.16. The van der Waals surface area contributed by atoms with E-state index in [2.05, 4.69) is 10.3 Å². The highest BCUT2D eigenvalue weighted by molar-refractivity contribution is 6.06. The highest BCUT2D eigenvalue weighted by atomic mass is 16.5. The maximum atomic E-state index is 12.7. The first kappa shape index (κ1) is 17.3. The van der Waals surface area contributed by atoms with Crippen molar-refractivity contribution in [2.75, 3.05) is 26.6 Å². The minimum atomic E-state index is -0.553. The molecule has 7 nitrogen and oxygen atoms in total. The minimum Gasteiger partial charge on any atom is -0.497 e. The number of ether oxygens (including phenoxy) is 3. The summed E-state index contributed by atoms with van der Waals surface area (Å²) in [5.41, 5.74) is 0.612. The Morgan fingerprint density at radius 3 is 2.35 bits per heavy atom. The van der Waals surface area contributed by atoms with Gasteiger partial charge in [-0.2, -0.15) is 0 Å². The molecule has 0 aliphatic heterocycles. The SMILES string of the molecule is COc1ccc(OC)c(NC(=O)c2c[nH]c3ccc(OC)cc3c2=O)c1. The van der Waals surface area contributed by atoms with Crippen LogP contribution in [0.5, 0.6) is 17.2 Å². The molecule has 0 fully saturated rings. The van der Waals surface area contributed by atoms with E-state index in [1.165, 1.54) is 27.5 Å². The molecule has 1 amide bonds. The quantitative estimate of drug-likeness (QED) is 0.735. The van der Waals surface area contributed by atoms with Crippen molar-refractivity contribution in [2.45, 2.75) is 0 Å². The second-order valence-electron chi connectivity index (χ2n) is 5.46. The molecule has 3 rings (SSSR count). The molecule has 1 aromatic heterocycles. The van der Waals surface area contributed by atoms with Crippen LogP contribution < -0.4 is 25.0 Å². The third-order valence-electron chi connectivity index (χ3n) is 3.99. The summed E-state index contributed by atoms with van der Waals surface area (Å²) in [7, 11) is 4.53. The lowest BCUT2D eigenvalue weighted by molar-refractivity contribution is 0.102. The first-order chi connectivity index (χ1) is 12.6. The Bertz CT molecular complexity index is 1030. The minimum absolute atomic E-state index is 0.0179. The summed E-state index contributed by atoms with van der Waals surface area (Å²) in [6.07, 6.45) is 1.39. The molecule has 0 bridgehead atoms. The Balaban J connectivity index is 2.00. The summed E-state index contributed by atoms with van der Waals surface area (Å²) in [6.45, 7) is 0. The van der Waals surface area contributed by atoms with Crippen LogP contribution in [0, 0.1) is 0 Å². The van der Waals surface area contributed by atoms with Crippen LogP contribution in [0.4, 0.5) is 5.69 Å². The van der Waals surface area contributed by atoms with Crippen molar-refractivity contribution in [1.82, 2.24) is 4.98 Å². The van der Waals surface area contributed by atoms with Gasteiger partial charge in [0.1, 0.15) is 22.8 Å². The van der Waals surface area contributed by atoms with Crippen LogP contribution in [0.1, 0.15) is 10.4 Å². The number of amides is 1. The predicted octanol–water partition coefficient (Wildman–Crippen LogP) is 2.81. The molecule has 0 radical (unpaired) electrons. The number of hydrogen-bond donors (Lipinski definition) is 2. The topological polar surface area (TPSA) is 89.7 Å². The average Bonchev–Trinajstić information content (AvgIpc) is 2.67. The van der Waals surface area contributed by atoms with Gasteiger partial charge in [0.15, 0.2) is 0 Å². The number of aromatic nitrogens is 1. The van der Waals surface area contributed by atoms with Crippen molar-refractivity contribution in [3.63, 3.8) is 0 Å². The molecule has 0 atom stereocenters. The van der Waals surface area contributed by atoms with E-state index in [1.807, 2.05) is 0 Å². The van der Waals surface area contributed by atoms with E-state index in [-0.39, 0.29) is 5.56 Å². The number of benzene rings is 2. The number of carbonyl (C=O) groups excluding carboxylic acids is 1. The summed E-state index contributed by atoms with van der Waals surface area (Å²) < 4.78 is 15.5. The van der Waals surface area contributed by atoms with Gasteiger partial charge in [-0.1, -0.05) is 0 Å². The number of methoxy groups -OCH3 is 3. The van der Waals surface area contributed by atoms with Gasteiger partial charge < -0.3 is 24.5 Å². The molecule has 1 heterocycles. The molecule has 26 heavy (non-hydrogen) atoms. The van der Waals surface area contributed by atoms with Gasteiger partial charge in [-0.3, -0.25) is 9.59 Å². The van der Waals surface area contributed by atoms with E-state index in [0.29, 0.717) is 33.8 Å². The molecule has 2 N–H and O–H groups in total. The van der Waals surface area contributed by atoms with E-state index < -0.39 is 11.3 Å². The molecular weight excluding hydrogens is 336 g/mol. The molecular formula is C19H18N2O5. The van der Waals surface area contributed by atoms with Crippen molar-refractivity contribution in [1.29, 1.82) is 0 Å². The van der Waals surface area contributed by atoms with Crippen molar-refractivity contribution in [3.05, 3.63) is 58.4 Å². The van der Waals surface area contributed by atoms with E-state index in [0.717, 1.165) is 0 Å². The van der Waals surface area contributed by atoms with Gasteiger partial charge in [0.2, 0.25) is 5.43 Å². The molecule has 0 unspecified atom stereocenters. The lowest BCUT2D eigenvalue weighted by atomic mass is 10.1. The smallest absolute Gasteiger partial charge is 0.261 e. The fraction of sp³-hybridized carbons (Fsp3) is 0.158. The van der Waals surface area contributed by atoms with Crippen molar-refractivity contribution < 1.29 is 19.0 Å². The fourth-order valence-electron chi connectivity index (χ4n) is 2.59. The number of anilines is 1. The molecule has 0 saturated carbocycles. The number of H-pyrrole nitrogens is 1. The van der Waals surface area contributed by atoms with Crippen LogP contribution in [0.15, 0.2) is 47.4 Å². The first-order valence-corrected chi connectivity index (χ1v) is 7.80. The van der Waals surface area contributed by atoms with E-state index in [1.54, 1.807) is 36.4 Å². The molecule has 134 valence electrons.